The number of aliphatic hydroxyl groups excluding tert-OH is 1. The first kappa shape index (κ1) is 19.4. The number of thiazole rings is 1. The monoisotopic (exact) mass is 402 g/mol. The number of hydrogen-bond acceptors (Lipinski definition) is 7. The van der Waals surface area contributed by atoms with Crippen molar-refractivity contribution in [1.29, 1.82) is 0 Å². The average Bonchev–Trinajstić information content (AvgIpc) is 3.27. The van der Waals surface area contributed by atoms with Crippen LogP contribution in [0.2, 0.25) is 0 Å². The van der Waals surface area contributed by atoms with Crippen LogP contribution in [-0.4, -0.2) is 53.4 Å². The maximum Gasteiger partial charge on any atom is 0.337 e. The number of benzene rings is 1. The van der Waals surface area contributed by atoms with Gasteiger partial charge in [-0.15, -0.1) is 11.3 Å². The van der Waals surface area contributed by atoms with Crippen LogP contribution in [0.3, 0.4) is 0 Å². The highest BCUT2D eigenvalue weighted by molar-refractivity contribution is 7.09. The summed E-state index contributed by atoms with van der Waals surface area (Å²) in [6, 6.07) is 6.97. The van der Waals surface area contributed by atoms with Crippen molar-refractivity contribution >= 4 is 17.3 Å². The summed E-state index contributed by atoms with van der Waals surface area (Å²) in [6.45, 7) is 5.04. The number of likely N-dealkylation sites (tertiary alicyclic amines) is 1. The molecule has 0 amide bonds. The molecule has 2 heterocycles. The number of carbonyl (C=O) groups excluding carboxylic acids is 1. The number of fused-ring (bicyclic) bond motifs is 1. The summed E-state index contributed by atoms with van der Waals surface area (Å²) in [5, 5.41) is 10.6. The molecule has 150 valence electrons. The number of nitrogens with zero attached hydrogens (tertiary/aromatic N) is 2. The van der Waals surface area contributed by atoms with E-state index in [1.54, 1.807) is 29.5 Å². The first-order valence-electron chi connectivity index (χ1n) is 9.68. The largest absolute Gasteiger partial charge is 0.488 e. The number of rotatable bonds is 5. The number of aliphatic hydroxyl groups is 1. The molecule has 1 saturated carbocycles. The van der Waals surface area contributed by atoms with E-state index in [-0.39, 0.29) is 12.1 Å². The molecule has 1 saturated heterocycles. The molecule has 1 aliphatic carbocycles. The van der Waals surface area contributed by atoms with Crippen molar-refractivity contribution in [2.45, 2.75) is 38.5 Å². The molecule has 0 bridgehead atoms. The van der Waals surface area contributed by atoms with Crippen LogP contribution >= 0.6 is 11.3 Å². The Bertz CT molecular complexity index is 839. The second kappa shape index (κ2) is 8.19. The second-order valence-corrected chi connectivity index (χ2v) is 8.73. The SMILES string of the molecule is COC(=O)c1cccc(O[C@@H]2C[C@@H]3CN(Cc4scnc4C)C[C@@H]3C[C@H]2O)c1. The van der Waals surface area contributed by atoms with E-state index in [0.717, 1.165) is 38.2 Å². The Balaban J connectivity index is 1.39. The Labute approximate surface area is 169 Å². The lowest BCUT2D eigenvalue weighted by Gasteiger charge is -2.35. The van der Waals surface area contributed by atoms with Crippen LogP contribution in [-0.2, 0) is 11.3 Å². The fraction of sp³-hybridized carbons (Fsp3) is 0.524. The highest BCUT2D eigenvalue weighted by Crippen LogP contribution is 2.38. The zero-order valence-corrected chi connectivity index (χ0v) is 17.0. The van der Waals surface area contributed by atoms with Crippen LogP contribution in [0.4, 0.5) is 0 Å². The van der Waals surface area contributed by atoms with E-state index in [4.69, 9.17) is 9.47 Å². The first-order chi connectivity index (χ1) is 13.5. The minimum absolute atomic E-state index is 0.251. The fourth-order valence-corrected chi connectivity index (χ4v) is 5.23. The molecule has 2 fully saturated rings. The number of ether oxygens (including phenoxy) is 2. The predicted molar refractivity (Wildman–Crippen MR) is 107 cm³/mol. The zero-order chi connectivity index (χ0) is 19.7. The third-order valence-corrected chi connectivity index (χ3v) is 6.84. The van der Waals surface area contributed by atoms with Crippen molar-refractivity contribution in [1.82, 2.24) is 9.88 Å². The Hall–Kier alpha value is -1.96. The van der Waals surface area contributed by atoms with Gasteiger partial charge in [-0.2, -0.15) is 0 Å². The predicted octanol–water partition coefficient (Wildman–Crippen LogP) is 2.89. The lowest BCUT2D eigenvalue weighted by atomic mass is 9.78. The maximum atomic E-state index is 11.7. The third-order valence-electron chi connectivity index (χ3n) is 5.92. The molecule has 4 rings (SSSR count). The number of aromatic nitrogens is 1. The molecular weight excluding hydrogens is 376 g/mol. The van der Waals surface area contributed by atoms with E-state index in [1.165, 1.54) is 12.0 Å². The van der Waals surface area contributed by atoms with Gasteiger partial charge >= 0.3 is 5.97 Å². The number of hydrogen-bond donors (Lipinski definition) is 1. The van der Waals surface area contributed by atoms with Crippen molar-refractivity contribution in [2.24, 2.45) is 11.8 Å². The quantitative estimate of drug-likeness (QED) is 0.776. The van der Waals surface area contributed by atoms with Crippen LogP contribution in [0.1, 0.15) is 33.8 Å². The van der Waals surface area contributed by atoms with E-state index in [2.05, 4.69) is 16.8 Å². The van der Waals surface area contributed by atoms with E-state index >= 15 is 0 Å². The van der Waals surface area contributed by atoms with Crippen LogP contribution in [0.5, 0.6) is 5.75 Å². The molecule has 0 spiro atoms. The van der Waals surface area contributed by atoms with Crippen molar-refractivity contribution < 1.29 is 19.4 Å². The smallest absolute Gasteiger partial charge is 0.337 e. The van der Waals surface area contributed by atoms with Crippen LogP contribution in [0, 0.1) is 18.8 Å². The lowest BCUT2D eigenvalue weighted by molar-refractivity contribution is -0.0231. The molecule has 0 unspecified atom stereocenters. The second-order valence-electron chi connectivity index (χ2n) is 7.79. The minimum atomic E-state index is -0.492. The molecule has 6 nitrogen and oxygen atoms in total. The lowest BCUT2D eigenvalue weighted by Crippen LogP contribution is -2.42. The molecule has 7 heteroatoms. The summed E-state index contributed by atoms with van der Waals surface area (Å²) < 4.78 is 10.9. The molecular formula is C21H26N2O4S. The van der Waals surface area contributed by atoms with Crippen molar-refractivity contribution in [3.8, 4) is 5.75 Å². The number of aryl methyl sites for hydroxylation is 1. The molecule has 1 aromatic carbocycles. The van der Waals surface area contributed by atoms with Gasteiger partial charge in [0, 0.05) is 24.5 Å². The van der Waals surface area contributed by atoms with Crippen LogP contribution < -0.4 is 4.74 Å². The van der Waals surface area contributed by atoms with Crippen LogP contribution in [0.15, 0.2) is 29.8 Å². The summed E-state index contributed by atoms with van der Waals surface area (Å²) in [6.07, 6.45) is 0.837. The van der Waals surface area contributed by atoms with Gasteiger partial charge in [0.25, 0.3) is 0 Å². The van der Waals surface area contributed by atoms with Gasteiger partial charge in [-0.25, -0.2) is 9.78 Å². The van der Waals surface area contributed by atoms with E-state index in [1.807, 2.05) is 11.6 Å². The number of methoxy groups -OCH3 is 1. The first-order valence-corrected chi connectivity index (χ1v) is 10.6. The Morgan fingerprint density at radius 2 is 2.11 bits per heavy atom. The van der Waals surface area contributed by atoms with Crippen molar-refractivity contribution in [3.05, 3.63) is 45.9 Å². The number of carbonyl (C=O) groups is 1. The van der Waals surface area contributed by atoms with Crippen LogP contribution in [0.25, 0.3) is 0 Å². The molecule has 1 N–H and O–H groups in total. The third kappa shape index (κ3) is 4.06. The molecule has 1 aliphatic heterocycles. The zero-order valence-electron chi connectivity index (χ0n) is 16.2. The van der Waals surface area contributed by atoms with Gasteiger partial charge in [-0.3, -0.25) is 4.90 Å². The molecule has 2 aromatic rings. The summed E-state index contributed by atoms with van der Waals surface area (Å²) in [7, 11) is 1.36. The van der Waals surface area contributed by atoms with Gasteiger partial charge in [0.05, 0.1) is 30.0 Å². The fourth-order valence-electron chi connectivity index (χ4n) is 4.41. The highest BCUT2D eigenvalue weighted by atomic mass is 32.1. The van der Waals surface area contributed by atoms with E-state index in [9.17, 15) is 9.90 Å². The molecule has 4 atom stereocenters. The Morgan fingerprint density at radius 1 is 1.32 bits per heavy atom. The Kier molecular flexibility index (Phi) is 5.66. The molecule has 0 radical (unpaired) electrons. The van der Waals surface area contributed by atoms with E-state index in [0.29, 0.717) is 23.1 Å². The summed E-state index contributed by atoms with van der Waals surface area (Å²) >= 11 is 1.71. The van der Waals surface area contributed by atoms with Crippen molar-refractivity contribution in [2.75, 3.05) is 20.2 Å². The van der Waals surface area contributed by atoms with E-state index < -0.39 is 6.10 Å². The molecule has 2 aliphatic rings. The highest BCUT2D eigenvalue weighted by Gasteiger charge is 2.42. The normalized spacial score (nSPS) is 27.4. The van der Waals surface area contributed by atoms with Gasteiger partial charge in [0.2, 0.25) is 0 Å². The maximum absolute atomic E-state index is 11.7. The van der Waals surface area contributed by atoms with Gasteiger partial charge in [-0.1, -0.05) is 6.07 Å². The minimum Gasteiger partial charge on any atom is -0.488 e. The average molecular weight is 403 g/mol. The van der Waals surface area contributed by atoms with Gasteiger partial charge < -0.3 is 14.6 Å². The van der Waals surface area contributed by atoms with Gasteiger partial charge in [0.15, 0.2) is 0 Å². The number of esters is 1. The van der Waals surface area contributed by atoms with Crippen molar-refractivity contribution in [3.63, 3.8) is 0 Å². The standard InChI is InChI=1S/C21H26N2O4S/c1-13-20(28-12-22-13)11-23-9-15-7-18(24)19(8-16(15)10-23)27-17-5-3-4-14(6-17)21(25)26-2/h3-6,12,15-16,18-19,24H,7-11H2,1-2H3/t15-,16+,18+,19+/m0/s1. The summed E-state index contributed by atoms with van der Waals surface area (Å²) in [4.78, 5) is 19.9. The molecule has 1 aromatic heterocycles. The Morgan fingerprint density at radius 3 is 2.82 bits per heavy atom. The topological polar surface area (TPSA) is 71.9 Å². The summed E-state index contributed by atoms with van der Waals surface area (Å²) in [5.74, 6) is 1.23. The van der Waals surface area contributed by atoms with Gasteiger partial charge in [0.1, 0.15) is 11.9 Å². The molecule has 28 heavy (non-hydrogen) atoms. The summed E-state index contributed by atoms with van der Waals surface area (Å²) in [5.41, 5.74) is 3.48. The van der Waals surface area contributed by atoms with Gasteiger partial charge in [-0.05, 0) is 49.8 Å².